The van der Waals surface area contributed by atoms with Crippen molar-refractivity contribution in [2.24, 2.45) is 0 Å². The molecule has 25 heavy (non-hydrogen) atoms. The fraction of sp³-hybridized carbons (Fsp3) is 0.375. The highest BCUT2D eigenvalue weighted by Crippen LogP contribution is 2.15. The molecule has 1 aromatic carbocycles. The first-order valence-electron chi connectivity index (χ1n) is 7.95. The van der Waals surface area contributed by atoms with Gasteiger partial charge >= 0.3 is 5.69 Å². The molecule has 2 aromatic rings. The van der Waals surface area contributed by atoms with Crippen LogP contribution in [0, 0.1) is 0 Å². The molecule has 0 saturated carbocycles. The first-order valence-corrected chi connectivity index (χ1v) is 8.93. The molecule has 1 aromatic heterocycles. The SMILES string of the molecule is CCCCn1c(SCC(=O)Nc2cccc(C(=O)NC)c2)n[nH]c1=O. The van der Waals surface area contributed by atoms with Crippen molar-refractivity contribution in [2.75, 3.05) is 18.1 Å². The van der Waals surface area contributed by atoms with Gasteiger partial charge in [0, 0.05) is 24.8 Å². The summed E-state index contributed by atoms with van der Waals surface area (Å²) in [6.45, 7) is 2.61. The Labute approximate surface area is 149 Å². The van der Waals surface area contributed by atoms with Gasteiger partial charge in [-0.05, 0) is 24.6 Å². The van der Waals surface area contributed by atoms with Gasteiger partial charge in [0.1, 0.15) is 0 Å². The number of hydrogen-bond donors (Lipinski definition) is 3. The number of amides is 2. The van der Waals surface area contributed by atoms with Crippen molar-refractivity contribution in [3.05, 3.63) is 40.3 Å². The Morgan fingerprint density at radius 1 is 1.36 bits per heavy atom. The van der Waals surface area contributed by atoms with E-state index >= 15 is 0 Å². The average Bonchev–Trinajstić information content (AvgIpc) is 2.97. The molecule has 2 amide bonds. The predicted molar refractivity (Wildman–Crippen MR) is 96.9 cm³/mol. The zero-order valence-electron chi connectivity index (χ0n) is 14.2. The topological polar surface area (TPSA) is 109 Å². The Morgan fingerprint density at radius 2 is 2.16 bits per heavy atom. The highest BCUT2D eigenvalue weighted by molar-refractivity contribution is 7.99. The molecule has 0 bridgehead atoms. The van der Waals surface area contributed by atoms with Crippen LogP contribution >= 0.6 is 11.8 Å². The Balaban J connectivity index is 1.95. The number of thioether (sulfide) groups is 1. The summed E-state index contributed by atoms with van der Waals surface area (Å²) in [6.07, 6.45) is 1.83. The van der Waals surface area contributed by atoms with E-state index in [0.717, 1.165) is 12.8 Å². The molecule has 134 valence electrons. The van der Waals surface area contributed by atoms with Crippen molar-refractivity contribution in [3.63, 3.8) is 0 Å². The monoisotopic (exact) mass is 363 g/mol. The fourth-order valence-corrected chi connectivity index (χ4v) is 2.91. The number of carbonyl (C=O) groups excluding carboxylic acids is 2. The number of aromatic amines is 1. The second-order valence-electron chi connectivity index (χ2n) is 5.31. The Kier molecular flexibility index (Phi) is 6.81. The Morgan fingerprint density at radius 3 is 2.88 bits per heavy atom. The lowest BCUT2D eigenvalue weighted by Crippen LogP contribution is -2.19. The van der Waals surface area contributed by atoms with Gasteiger partial charge in [-0.1, -0.05) is 31.2 Å². The maximum absolute atomic E-state index is 12.1. The minimum Gasteiger partial charge on any atom is -0.355 e. The maximum Gasteiger partial charge on any atom is 0.343 e. The summed E-state index contributed by atoms with van der Waals surface area (Å²) < 4.78 is 1.54. The molecule has 0 unspecified atom stereocenters. The van der Waals surface area contributed by atoms with Crippen molar-refractivity contribution in [1.29, 1.82) is 0 Å². The van der Waals surface area contributed by atoms with Crippen LogP contribution in [0.3, 0.4) is 0 Å². The number of H-pyrrole nitrogens is 1. The van der Waals surface area contributed by atoms with Gasteiger partial charge in [-0.3, -0.25) is 14.2 Å². The first kappa shape index (κ1) is 18.8. The molecule has 9 heteroatoms. The predicted octanol–water partition coefficient (Wildman–Crippen LogP) is 1.46. The molecular weight excluding hydrogens is 342 g/mol. The van der Waals surface area contributed by atoms with E-state index in [0.29, 0.717) is 23.0 Å². The van der Waals surface area contributed by atoms with Gasteiger partial charge in [0.2, 0.25) is 5.91 Å². The number of nitrogens with one attached hydrogen (secondary N) is 3. The quantitative estimate of drug-likeness (QED) is 0.615. The highest BCUT2D eigenvalue weighted by atomic mass is 32.2. The minimum absolute atomic E-state index is 0.112. The van der Waals surface area contributed by atoms with Gasteiger partial charge in [0.25, 0.3) is 5.91 Å². The van der Waals surface area contributed by atoms with Gasteiger partial charge in [0.15, 0.2) is 5.16 Å². The van der Waals surface area contributed by atoms with Crippen molar-refractivity contribution in [3.8, 4) is 0 Å². The van der Waals surface area contributed by atoms with E-state index in [1.807, 2.05) is 6.92 Å². The largest absolute Gasteiger partial charge is 0.355 e. The average molecular weight is 363 g/mol. The minimum atomic E-state index is -0.269. The van der Waals surface area contributed by atoms with Crippen LogP contribution in [-0.4, -0.2) is 39.4 Å². The zero-order valence-corrected chi connectivity index (χ0v) is 15.0. The van der Waals surface area contributed by atoms with Gasteiger partial charge in [-0.15, -0.1) is 5.10 Å². The van der Waals surface area contributed by atoms with E-state index in [4.69, 9.17) is 0 Å². The molecular formula is C16H21N5O3S. The lowest BCUT2D eigenvalue weighted by atomic mass is 10.2. The van der Waals surface area contributed by atoms with Gasteiger partial charge in [0.05, 0.1) is 5.75 Å². The maximum atomic E-state index is 12.1. The summed E-state index contributed by atoms with van der Waals surface area (Å²) in [7, 11) is 1.55. The van der Waals surface area contributed by atoms with Gasteiger partial charge in [-0.25, -0.2) is 9.89 Å². The molecule has 3 N–H and O–H groups in total. The summed E-state index contributed by atoms with van der Waals surface area (Å²) in [5.74, 6) is -0.348. The third-order valence-corrected chi connectivity index (χ3v) is 4.40. The standard InChI is InChI=1S/C16H21N5O3S/c1-3-4-8-21-15(24)19-20-16(21)25-10-13(22)18-12-7-5-6-11(9-12)14(23)17-2/h5-7,9H,3-4,8,10H2,1-2H3,(H,17,23)(H,18,22)(H,19,24). The molecule has 0 aliphatic heterocycles. The lowest BCUT2D eigenvalue weighted by molar-refractivity contribution is -0.113. The first-order chi connectivity index (χ1) is 12.0. The molecule has 1 heterocycles. The smallest absolute Gasteiger partial charge is 0.343 e. The second kappa shape index (κ2) is 9.07. The lowest BCUT2D eigenvalue weighted by Gasteiger charge is -2.07. The number of nitrogens with zero attached hydrogens (tertiary/aromatic N) is 2. The van der Waals surface area contributed by atoms with E-state index in [1.165, 1.54) is 16.3 Å². The normalized spacial score (nSPS) is 10.5. The number of aromatic nitrogens is 3. The number of rotatable bonds is 8. The number of benzene rings is 1. The number of carbonyl (C=O) groups is 2. The van der Waals surface area contributed by atoms with Gasteiger partial charge in [-0.2, -0.15) is 0 Å². The second-order valence-corrected chi connectivity index (χ2v) is 6.26. The zero-order chi connectivity index (χ0) is 18.2. The third kappa shape index (κ3) is 5.21. The van der Waals surface area contributed by atoms with E-state index in [9.17, 15) is 14.4 Å². The van der Waals surface area contributed by atoms with E-state index in [1.54, 1.807) is 31.3 Å². The van der Waals surface area contributed by atoms with Crippen molar-refractivity contribution in [2.45, 2.75) is 31.5 Å². The summed E-state index contributed by atoms with van der Waals surface area (Å²) in [5, 5.41) is 12.1. The summed E-state index contributed by atoms with van der Waals surface area (Å²) in [5.41, 5.74) is 0.736. The van der Waals surface area contributed by atoms with E-state index in [2.05, 4.69) is 20.8 Å². The molecule has 2 rings (SSSR count). The van der Waals surface area contributed by atoms with Crippen LogP contribution in [0.25, 0.3) is 0 Å². The highest BCUT2D eigenvalue weighted by Gasteiger charge is 2.12. The molecule has 8 nitrogen and oxygen atoms in total. The number of unbranched alkanes of at least 4 members (excludes halogenated alkanes) is 1. The van der Waals surface area contributed by atoms with Crippen molar-refractivity contribution < 1.29 is 9.59 Å². The van der Waals surface area contributed by atoms with Crippen LogP contribution in [0.1, 0.15) is 30.1 Å². The molecule has 0 radical (unpaired) electrons. The number of hydrogen-bond acceptors (Lipinski definition) is 5. The van der Waals surface area contributed by atoms with Crippen molar-refractivity contribution >= 4 is 29.3 Å². The summed E-state index contributed by atoms with van der Waals surface area (Å²) >= 11 is 1.19. The molecule has 0 aliphatic rings. The fourth-order valence-electron chi connectivity index (χ4n) is 2.14. The molecule has 0 atom stereocenters. The summed E-state index contributed by atoms with van der Waals surface area (Å²) in [4.78, 5) is 35.4. The van der Waals surface area contributed by atoms with Crippen LogP contribution in [0.5, 0.6) is 0 Å². The molecule has 0 saturated heterocycles. The third-order valence-electron chi connectivity index (χ3n) is 3.43. The number of anilines is 1. The van der Waals surface area contributed by atoms with E-state index in [-0.39, 0.29) is 23.3 Å². The Bertz CT molecular complexity index is 799. The molecule has 0 spiro atoms. The molecule has 0 fully saturated rings. The molecule has 0 aliphatic carbocycles. The van der Waals surface area contributed by atoms with Crippen LogP contribution in [0.4, 0.5) is 5.69 Å². The van der Waals surface area contributed by atoms with Crippen LogP contribution in [-0.2, 0) is 11.3 Å². The van der Waals surface area contributed by atoms with E-state index < -0.39 is 0 Å². The van der Waals surface area contributed by atoms with Gasteiger partial charge < -0.3 is 10.6 Å². The Hall–Kier alpha value is -2.55. The summed E-state index contributed by atoms with van der Waals surface area (Å²) in [6, 6.07) is 6.68. The van der Waals surface area contributed by atoms with Crippen molar-refractivity contribution in [1.82, 2.24) is 20.1 Å². The van der Waals surface area contributed by atoms with Crippen LogP contribution in [0.15, 0.2) is 34.2 Å². The van der Waals surface area contributed by atoms with Crippen LogP contribution < -0.4 is 16.3 Å². The van der Waals surface area contributed by atoms with Crippen LogP contribution in [0.2, 0.25) is 0 Å².